The Kier molecular flexibility index (Phi) is 4.71. The minimum Gasteiger partial charge on any atom is -0.309 e. The number of likely N-dealkylation sites (tertiary alicyclic amines) is 1. The zero-order valence-corrected chi connectivity index (χ0v) is 11.5. The second kappa shape index (κ2) is 6.30. The van der Waals surface area contributed by atoms with Crippen LogP contribution in [0, 0.1) is 0 Å². The number of nitrogens with zero attached hydrogens (tertiary/aromatic N) is 2. The van der Waals surface area contributed by atoms with E-state index in [9.17, 15) is 9.18 Å². The third kappa shape index (κ3) is 3.88. The lowest BCUT2D eigenvalue weighted by Crippen LogP contribution is -2.47. The third-order valence-corrected chi connectivity index (χ3v) is 3.52. The van der Waals surface area contributed by atoms with Gasteiger partial charge in [-0.2, -0.15) is 0 Å². The second-order valence-electron chi connectivity index (χ2n) is 4.76. The van der Waals surface area contributed by atoms with Crippen molar-refractivity contribution in [3.05, 3.63) is 23.4 Å². The fourth-order valence-electron chi connectivity index (χ4n) is 2.15. The molecule has 0 spiro atoms. The summed E-state index contributed by atoms with van der Waals surface area (Å²) in [4.78, 5) is 17.9. The number of hydrogen-bond acceptors (Lipinski definition) is 3. The summed E-state index contributed by atoms with van der Waals surface area (Å²) in [6.07, 6.45) is 2.01. The quantitative estimate of drug-likeness (QED) is 0.928. The van der Waals surface area contributed by atoms with Crippen LogP contribution in [0.5, 0.6) is 0 Å². The maximum atomic E-state index is 13.3. The summed E-state index contributed by atoms with van der Waals surface area (Å²) in [7, 11) is 0. The van der Waals surface area contributed by atoms with Crippen LogP contribution in [-0.4, -0.2) is 41.1 Å². The van der Waals surface area contributed by atoms with Crippen molar-refractivity contribution < 1.29 is 9.18 Å². The first kappa shape index (κ1) is 14.2. The Hall–Kier alpha value is -1.20. The molecule has 1 aromatic heterocycles. The number of rotatable bonds is 3. The lowest BCUT2D eigenvalue weighted by atomic mass is 10.1. The molecular formula is C13H17ClFN3O. The number of carbonyl (C=O) groups is 1. The van der Waals surface area contributed by atoms with Gasteiger partial charge in [-0.05, 0) is 38.4 Å². The Bertz CT molecular complexity index is 440. The highest BCUT2D eigenvalue weighted by atomic mass is 35.5. The van der Waals surface area contributed by atoms with E-state index in [-0.39, 0.29) is 11.9 Å². The number of pyridine rings is 1. The summed E-state index contributed by atoms with van der Waals surface area (Å²) in [5.74, 6) is 0.277. The van der Waals surface area contributed by atoms with Gasteiger partial charge >= 0.3 is 0 Å². The molecule has 19 heavy (non-hydrogen) atoms. The number of halogens is 2. The summed E-state index contributed by atoms with van der Waals surface area (Å²) >= 11 is 5.72. The Labute approximate surface area is 117 Å². The van der Waals surface area contributed by atoms with Crippen LogP contribution in [-0.2, 0) is 4.79 Å². The van der Waals surface area contributed by atoms with E-state index in [1.165, 1.54) is 6.20 Å². The molecule has 0 saturated carbocycles. The first-order valence-electron chi connectivity index (χ1n) is 6.37. The van der Waals surface area contributed by atoms with E-state index >= 15 is 0 Å². The van der Waals surface area contributed by atoms with Crippen LogP contribution in [0.1, 0.15) is 19.8 Å². The number of alkyl halides is 1. The molecule has 0 bridgehead atoms. The lowest BCUT2D eigenvalue weighted by Gasteiger charge is -2.32. The maximum Gasteiger partial charge on any atom is 0.242 e. The number of piperidine rings is 1. The summed E-state index contributed by atoms with van der Waals surface area (Å²) in [6, 6.07) is 2.94. The molecule has 1 aliphatic heterocycles. The minimum absolute atomic E-state index is 0.177. The van der Waals surface area contributed by atoms with E-state index in [1.54, 1.807) is 19.1 Å². The van der Waals surface area contributed by atoms with Gasteiger partial charge in [-0.25, -0.2) is 9.37 Å². The Morgan fingerprint density at radius 2 is 2.42 bits per heavy atom. The average molecular weight is 286 g/mol. The van der Waals surface area contributed by atoms with E-state index in [0.717, 1.165) is 13.0 Å². The van der Waals surface area contributed by atoms with Crippen LogP contribution in [0.2, 0.25) is 5.02 Å². The molecule has 0 aromatic carbocycles. The Morgan fingerprint density at radius 1 is 1.63 bits per heavy atom. The van der Waals surface area contributed by atoms with E-state index in [2.05, 4.69) is 10.3 Å². The van der Waals surface area contributed by atoms with Gasteiger partial charge in [-0.1, -0.05) is 11.6 Å². The van der Waals surface area contributed by atoms with Crippen LogP contribution < -0.4 is 5.32 Å². The second-order valence-corrected chi connectivity index (χ2v) is 5.20. The van der Waals surface area contributed by atoms with Gasteiger partial charge in [0.25, 0.3) is 0 Å². The summed E-state index contributed by atoms with van der Waals surface area (Å²) in [6.45, 7) is 2.86. The van der Waals surface area contributed by atoms with Crippen molar-refractivity contribution >= 4 is 23.3 Å². The fourth-order valence-corrected chi connectivity index (χ4v) is 2.26. The van der Waals surface area contributed by atoms with Crippen LogP contribution in [0.15, 0.2) is 18.3 Å². The lowest BCUT2D eigenvalue weighted by molar-refractivity contribution is -0.121. The van der Waals surface area contributed by atoms with Gasteiger partial charge in [0, 0.05) is 12.7 Å². The number of anilines is 1. The normalized spacial score (nSPS) is 21.9. The first-order valence-corrected chi connectivity index (χ1v) is 6.74. The van der Waals surface area contributed by atoms with Crippen LogP contribution in [0.4, 0.5) is 10.2 Å². The van der Waals surface area contributed by atoms with Crippen LogP contribution >= 0.6 is 11.6 Å². The summed E-state index contributed by atoms with van der Waals surface area (Å²) in [5.41, 5.74) is 0. The van der Waals surface area contributed by atoms with E-state index in [1.807, 2.05) is 4.90 Å². The van der Waals surface area contributed by atoms with Gasteiger partial charge in [0.2, 0.25) is 5.91 Å². The van der Waals surface area contributed by atoms with Gasteiger partial charge in [-0.15, -0.1) is 0 Å². The topological polar surface area (TPSA) is 45.2 Å². The summed E-state index contributed by atoms with van der Waals surface area (Å²) < 4.78 is 13.3. The largest absolute Gasteiger partial charge is 0.309 e. The average Bonchev–Trinajstić information content (AvgIpc) is 2.40. The molecule has 2 rings (SSSR count). The molecule has 0 aliphatic carbocycles. The Morgan fingerprint density at radius 3 is 3.05 bits per heavy atom. The van der Waals surface area contributed by atoms with Crippen molar-refractivity contribution in [2.45, 2.75) is 32.0 Å². The molecule has 1 saturated heterocycles. The summed E-state index contributed by atoms with van der Waals surface area (Å²) in [5, 5.41) is 3.22. The molecule has 1 aliphatic rings. The predicted octanol–water partition coefficient (Wildman–Crippen LogP) is 2.50. The van der Waals surface area contributed by atoms with Crippen LogP contribution in [0.3, 0.4) is 0 Å². The number of carbonyl (C=O) groups excluding carboxylic acids is 1. The molecule has 1 fully saturated rings. The van der Waals surface area contributed by atoms with Gasteiger partial charge in [-0.3, -0.25) is 9.69 Å². The van der Waals surface area contributed by atoms with Crippen molar-refractivity contribution in [1.29, 1.82) is 0 Å². The molecule has 6 heteroatoms. The monoisotopic (exact) mass is 285 g/mol. The SMILES string of the molecule is C[C@@H](C(=O)Nc1ccc(Cl)cn1)N1CCC[C@H](F)C1. The zero-order valence-electron chi connectivity index (χ0n) is 10.8. The molecule has 1 aromatic rings. The highest BCUT2D eigenvalue weighted by Crippen LogP contribution is 2.16. The molecule has 104 valence electrons. The minimum atomic E-state index is -0.836. The van der Waals surface area contributed by atoms with Crippen molar-refractivity contribution in [2.24, 2.45) is 0 Å². The fraction of sp³-hybridized carbons (Fsp3) is 0.538. The Balaban J connectivity index is 1.93. The third-order valence-electron chi connectivity index (χ3n) is 3.30. The van der Waals surface area contributed by atoms with Crippen molar-refractivity contribution in [3.8, 4) is 0 Å². The van der Waals surface area contributed by atoms with E-state index < -0.39 is 6.17 Å². The van der Waals surface area contributed by atoms with Gasteiger partial charge < -0.3 is 5.32 Å². The van der Waals surface area contributed by atoms with Crippen LogP contribution in [0.25, 0.3) is 0 Å². The van der Waals surface area contributed by atoms with Crippen molar-refractivity contribution in [2.75, 3.05) is 18.4 Å². The highest BCUT2D eigenvalue weighted by Gasteiger charge is 2.27. The number of aromatic nitrogens is 1. The number of nitrogens with one attached hydrogen (secondary N) is 1. The van der Waals surface area contributed by atoms with E-state index in [0.29, 0.717) is 23.8 Å². The maximum absolute atomic E-state index is 13.3. The highest BCUT2D eigenvalue weighted by molar-refractivity contribution is 6.30. The van der Waals surface area contributed by atoms with Gasteiger partial charge in [0.15, 0.2) is 0 Å². The molecule has 1 N–H and O–H groups in total. The first-order chi connectivity index (χ1) is 9.06. The standard InChI is InChI=1S/C13H17ClFN3O/c1-9(18-6-2-3-11(15)8-18)13(19)17-12-5-4-10(14)7-16-12/h4-5,7,9,11H,2-3,6,8H2,1H3,(H,16,17,19)/t9-,11-/m0/s1. The zero-order chi connectivity index (χ0) is 13.8. The molecule has 0 unspecified atom stereocenters. The molecule has 1 amide bonds. The number of amides is 1. The van der Waals surface area contributed by atoms with Crippen molar-refractivity contribution in [1.82, 2.24) is 9.88 Å². The number of hydrogen-bond donors (Lipinski definition) is 1. The smallest absolute Gasteiger partial charge is 0.242 e. The molecule has 2 atom stereocenters. The van der Waals surface area contributed by atoms with E-state index in [4.69, 9.17) is 11.6 Å². The molecule has 4 nitrogen and oxygen atoms in total. The van der Waals surface area contributed by atoms with Crippen molar-refractivity contribution in [3.63, 3.8) is 0 Å². The molecule has 2 heterocycles. The van der Waals surface area contributed by atoms with Gasteiger partial charge in [0.05, 0.1) is 11.1 Å². The predicted molar refractivity (Wildman–Crippen MR) is 73.0 cm³/mol. The molecule has 0 radical (unpaired) electrons. The van der Waals surface area contributed by atoms with Gasteiger partial charge in [0.1, 0.15) is 12.0 Å². The molecular weight excluding hydrogens is 269 g/mol.